The average molecular weight is 302 g/mol. The monoisotopic (exact) mass is 302 g/mol. The molecule has 0 aliphatic carbocycles. The number of aliphatic hydroxyl groups excluding tert-OH is 1. The number of nitrogens with zero attached hydrogens (tertiary/aromatic N) is 1. The van der Waals surface area contributed by atoms with E-state index < -0.39 is 18.0 Å². The van der Waals surface area contributed by atoms with Gasteiger partial charge in [-0.25, -0.2) is 4.79 Å². The number of rotatable bonds is 4. The average Bonchev–Trinajstić information content (AvgIpc) is 2.57. The van der Waals surface area contributed by atoms with E-state index in [1.165, 1.54) is 28.4 Å². The van der Waals surface area contributed by atoms with Crippen molar-refractivity contribution in [1.29, 1.82) is 0 Å². The Balaban J connectivity index is 1.82. The van der Waals surface area contributed by atoms with Gasteiger partial charge >= 0.3 is 5.97 Å². The molecule has 3 atom stereocenters. The predicted molar refractivity (Wildman–Crippen MR) is 72.3 cm³/mol. The van der Waals surface area contributed by atoms with Gasteiger partial charge in [-0.2, -0.15) is 0 Å². The van der Waals surface area contributed by atoms with Crippen molar-refractivity contribution in [3.05, 3.63) is 9.93 Å². The molecule has 3 aliphatic rings. The first-order valence-corrected chi connectivity index (χ1v) is 7.79. The number of thioether (sulfide) groups is 2. The molecular formula is C11H14N2O4S2. The minimum atomic E-state index is -1.07. The minimum absolute atomic E-state index is 0.0915. The van der Waals surface area contributed by atoms with Gasteiger partial charge in [0.25, 0.3) is 0 Å². The molecule has 19 heavy (non-hydrogen) atoms. The molecule has 0 aromatic rings. The molecule has 3 aliphatic heterocycles. The smallest absolute Gasteiger partial charge is 0.354 e. The Hall–Kier alpha value is -0.700. The van der Waals surface area contributed by atoms with Crippen molar-refractivity contribution in [2.45, 2.75) is 23.7 Å². The first-order valence-electron chi connectivity index (χ1n) is 6.03. The summed E-state index contributed by atoms with van der Waals surface area (Å²) in [6, 6.07) is 0. The molecule has 2 fully saturated rings. The van der Waals surface area contributed by atoms with Crippen molar-refractivity contribution in [2.24, 2.45) is 5.92 Å². The molecule has 1 amide bonds. The molecule has 3 rings (SSSR count). The summed E-state index contributed by atoms with van der Waals surface area (Å²) in [5, 5.41) is 22.1. The topological polar surface area (TPSA) is 89.9 Å². The number of carboxylic acids is 1. The van der Waals surface area contributed by atoms with E-state index in [9.17, 15) is 19.8 Å². The largest absolute Gasteiger partial charge is 0.477 e. The number of hydrogen-bond acceptors (Lipinski definition) is 6. The molecular weight excluding hydrogens is 288 g/mol. The number of β-lactam (4-membered cyclic amide) rings is 1. The van der Waals surface area contributed by atoms with E-state index in [0.29, 0.717) is 9.49 Å². The number of amides is 1. The number of nitrogens with one attached hydrogen (secondary N) is 1. The van der Waals surface area contributed by atoms with E-state index in [4.69, 9.17) is 0 Å². The summed E-state index contributed by atoms with van der Waals surface area (Å²) in [6.07, 6.45) is -0.744. The maximum atomic E-state index is 11.9. The summed E-state index contributed by atoms with van der Waals surface area (Å²) in [6.45, 7) is 3.29. The summed E-state index contributed by atoms with van der Waals surface area (Å²) < 4.78 is 0.695. The Morgan fingerprint density at radius 2 is 2.26 bits per heavy atom. The van der Waals surface area contributed by atoms with Gasteiger partial charge in [0.2, 0.25) is 5.91 Å². The van der Waals surface area contributed by atoms with Gasteiger partial charge in [0.15, 0.2) is 5.70 Å². The molecule has 3 N–H and O–H groups in total. The standard InChI is InChI=1S/C11H14N2O4S2/c1-4(14)6-8(15)13-7(10(16)17)11(19-9(6)13)18-5-2-12-3-5/h4-6,9,12,14H,2-3H2,1H3,(H,16,17)/t4?,6?,9-/m1/s1. The molecule has 0 bridgehead atoms. The second kappa shape index (κ2) is 4.69. The number of fused-ring (bicyclic) bond motifs is 1. The fourth-order valence-electron chi connectivity index (χ4n) is 2.33. The summed E-state index contributed by atoms with van der Waals surface area (Å²) in [5.74, 6) is -1.84. The second-order valence-corrected chi connectivity index (χ2v) is 7.52. The Kier molecular flexibility index (Phi) is 3.28. The Morgan fingerprint density at radius 1 is 1.58 bits per heavy atom. The highest BCUT2D eigenvalue weighted by molar-refractivity contribution is 8.23. The molecule has 0 aromatic carbocycles. The first kappa shape index (κ1) is 13.3. The molecule has 6 nitrogen and oxygen atoms in total. The van der Waals surface area contributed by atoms with Crippen LogP contribution in [0.1, 0.15) is 6.92 Å². The third kappa shape index (κ3) is 1.97. The van der Waals surface area contributed by atoms with E-state index in [1.54, 1.807) is 6.92 Å². The molecule has 2 unspecified atom stereocenters. The fourth-order valence-corrected chi connectivity index (χ4v) is 5.58. The number of aliphatic hydroxyl groups is 1. The van der Waals surface area contributed by atoms with Gasteiger partial charge in [-0.15, -0.1) is 11.8 Å². The third-order valence-electron chi connectivity index (χ3n) is 3.49. The van der Waals surface area contributed by atoms with Crippen LogP contribution < -0.4 is 5.32 Å². The molecule has 8 heteroatoms. The van der Waals surface area contributed by atoms with Crippen LogP contribution in [0.2, 0.25) is 0 Å². The maximum absolute atomic E-state index is 11.9. The Bertz CT molecular complexity index is 475. The normalized spacial score (nSPS) is 31.9. The quantitative estimate of drug-likeness (QED) is 0.623. The number of carbonyl (C=O) groups is 2. The van der Waals surface area contributed by atoms with Gasteiger partial charge in [0.05, 0.1) is 16.3 Å². The zero-order valence-corrected chi connectivity index (χ0v) is 11.8. The molecule has 104 valence electrons. The van der Waals surface area contributed by atoms with Crippen LogP contribution in [-0.4, -0.2) is 56.8 Å². The van der Waals surface area contributed by atoms with Crippen LogP contribution in [0.25, 0.3) is 0 Å². The summed E-state index contributed by atoms with van der Waals surface area (Å²) in [5.41, 5.74) is 0.0915. The first-order chi connectivity index (χ1) is 9.00. The molecule has 2 saturated heterocycles. The van der Waals surface area contributed by atoms with E-state index in [1.807, 2.05) is 0 Å². The van der Waals surface area contributed by atoms with E-state index in [2.05, 4.69) is 5.32 Å². The van der Waals surface area contributed by atoms with Crippen LogP contribution in [0.15, 0.2) is 9.93 Å². The van der Waals surface area contributed by atoms with Gasteiger partial charge in [-0.1, -0.05) is 11.8 Å². The highest BCUT2D eigenvalue weighted by atomic mass is 32.2. The Morgan fingerprint density at radius 3 is 2.74 bits per heavy atom. The van der Waals surface area contributed by atoms with Crippen LogP contribution in [0.4, 0.5) is 0 Å². The zero-order valence-electron chi connectivity index (χ0n) is 10.2. The molecule has 3 heterocycles. The maximum Gasteiger partial charge on any atom is 0.354 e. The second-order valence-electron chi connectivity index (χ2n) is 4.82. The summed E-state index contributed by atoms with van der Waals surface area (Å²) >= 11 is 2.91. The lowest BCUT2D eigenvalue weighted by Crippen LogP contribution is -2.60. The highest BCUT2D eigenvalue weighted by Gasteiger charge is 2.58. The van der Waals surface area contributed by atoms with Crippen molar-refractivity contribution in [3.8, 4) is 0 Å². The van der Waals surface area contributed by atoms with Gasteiger partial charge in [0, 0.05) is 18.3 Å². The third-order valence-corrected chi connectivity index (χ3v) is 6.29. The van der Waals surface area contributed by atoms with Crippen molar-refractivity contribution in [1.82, 2.24) is 10.2 Å². The Labute approximate surface area is 118 Å². The predicted octanol–water partition coefficient (Wildman–Crippen LogP) is -0.143. The van der Waals surface area contributed by atoms with Crippen molar-refractivity contribution < 1.29 is 19.8 Å². The van der Waals surface area contributed by atoms with Gasteiger partial charge in [-0.3, -0.25) is 9.69 Å². The van der Waals surface area contributed by atoms with Crippen LogP contribution >= 0.6 is 23.5 Å². The van der Waals surface area contributed by atoms with Gasteiger partial charge < -0.3 is 15.5 Å². The zero-order chi connectivity index (χ0) is 13.7. The van der Waals surface area contributed by atoms with E-state index >= 15 is 0 Å². The summed E-state index contributed by atoms with van der Waals surface area (Å²) in [7, 11) is 0. The number of hydrogen-bond donors (Lipinski definition) is 3. The van der Waals surface area contributed by atoms with Gasteiger partial charge in [0.1, 0.15) is 5.37 Å². The van der Waals surface area contributed by atoms with Crippen LogP contribution in [-0.2, 0) is 9.59 Å². The number of carbonyl (C=O) groups excluding carboxylic acids is 1. The lowest BCUT2D eigenvalue weighted by atomic mass is 9.92. The number of aliphatic carboxylic acids is 1. The lowest BCUT2D eigenvalue weighted by molar-refractivity contribution is -0.156. The van der Waals surface area contributed by atoms with Crippen LogP contribution in [0, 0.1) is 5.92 Å². The van der Waals surface area contributed by atoms with Gasteiger partial charge in [-0.05, 0) is 6.92 Å². The molecule has 0 aromatic heterocycles. The number of carboxylic acid groups (broad SMARTS) is 1. The van der Waals surface area contributed by atoms with Crippen LogP contribution in [0.3, 0.4) is 0 Å². The van der Waals surface area contributed by atoms with Crippen molar-refractivity contribution in [3.63, 3.8) is 0 Å². The highest BCUT2D eigenvalue weighted by Crippen LogP contribution is 2.54. The molecule has 0 spiro atoms. The molecule has 0 saturated carbocycles. The molecule has 0 radical (unpaired) electrons. The van der Waals surface area contributed by atoms with Crippen molar-refractivity contribution >= 4 is 35.4 Å². The summed E-state index contributed by atoms with van der Waals surface area (Å²) in [4.78, 5) is 24.6. The minimum Gasteiger partial charge on any atom is -0.477 e. The lowest BCUT2D eigenvalue weighted by Gasteiger charge is -2.43. The van der Waals surface area contributed by atoms with Crippen molar-refractivity contribution in [2.75, 3.05) is 13.1 Å². The van der Waals surface area contributed by atoms with E-state index in [-0.39, 0.29) is 17.0 Å². The van der Waals surface area contributed by atoms with Crippen LogP contribution in [0.5, 0.6) is 0 Å². The van der Waals surface area contributed by atoms with E-state index in [0.717, 1.165) is 13.1 Å². The fraction of sp³-hybridized carbons (Fsp3) is 0.636. The SMILES string of the molecule is CC(O)C1C(=O)N2C(C(=O)O)=C(SC3CNC3)S[C@H]12.